The van der Waals surface area contributed by atoms with Crippen molar-refractivity contribution < 1.29 is 14.9 Å². The summed E-state index contributed by atoms with van der Waals surface area (Å²) in [5.41, 5.74) is 2.06. The van der Waals surface area contributed by atoms with Gasteiger partial charge in [-0.1, -0.05) is 78.5 Å². The Morgan fingerprint density at radius 3 is 2.22 bits per heavy atom. The molecule has 4 aromatic rings. The molecule has 0 amide bonds. The Morgan fingerprint density at radius 2 is 1.44 bits per heavy atom. The van der Waals surface area contributed by atoms with Gasteiger partial charge in [-0.2, -0.15) is 0 Å². The van der Waals surface area contributed by atoms with Gasteiger partial charge in [0.15, 0.2) is 0 Å². The summed E-state index contributed by atoms with van der Waals surface area (Å²) in [6.07, 6.45) is -0.614. The average Bonchev–Trinajstić information content (AvgIpc) is 2.84. The zero-order chi connectivity index (χ0) is 22.2. The van der Waals surface area contributed by atoms with Crippen LogP contribution in [0.15, 0.2) is 101 Å². The van der Waals surface area contributed by atoms with Crippen molar-refractivity contribution in [1.82, 2.24) is 5.32 Å². The first-order valence-corrected chi connectivity index (χ1v) is 11.5. The van der Waals surface area contributed by atoms with E-state index < -0.39 is 6.10 Å². The van der Waals surface area contributed by atoms with Gasteiger partial charge >= 0.3 is 0 Å². The number of aliphatic hydroxyl groups excluding tert-OH is 2. The van der Waals surface area contributed by atoms with E-state index in [9.17, 15) is 10.2 Å². The lowest BCUT2D eigenvalue weighted by Gasteiger charge is -2.15. The molecule has 0 saturated carbocycles. The van der Waals surface area contributed by atoms with Crippen LogP contribution in [-0.2, 0) is 13.2 Å². The van der Waals surface area contributed by atoms with Crippen molar-refractivity contribution in [1.29, 1.82) is 0 Å². The fraction of sp³-hybridized carbons (Fsp3) is 0.185. The smallest absolute Gasteiger partial charge is 0.120 e. The summed E-state index contributed by atoms with van der Waals surface area (Å²) >= 11 is 1.65. The lowest BCUT2D eigenvalue weighted by Crippen LogP contribution is -2.31. The van der Waals surface area contributed by atoms with E-state index >= 15 is 0 Å². The van der Waals surface area contributed by atoms with Gasteiger partial charge in [0.05, 0.1) is 6.61 Å². The van der Waals surface area contributed by atoms with Crippen molar-refractivity contribution in [3.63, 3.8) is 0 Å². The van der Waals surface area contributed by atoms with Crippen molar-refractivity contribution in [2.24, 2.45) is 0 Å². The van der Waals surface area contributed by atoms with Crippen molar-refractivity contribution in [2.75, 3.05) is 13.2 Å². The van der Waals surface area contributed by atoms with Crippen LogP contribution in [0.1, 0.15) is 11.1 Å². The topological polar surface area (TPSA) is 61.7 Å². The van der Waals surface area contributed by atoms with Gasteiger partial charge in [0.2, 0.25) is 0 Å². The number of hydrogen-bond acceptors (Lipinski definition) is 5. The molecule has 0 saturated heterocycles. The minimum atomic E-state index is -0.614. The second kappa shape index (κ2) is 11.2. The standard InChI is InChI=1S/C27H27NO3S/c29-18-23-10-4-6-12-27(23)32-26-11-5-3-9-22(26)16-28-17-24(30)19-31-25-14-13-20-7-1-2-8-21(20)15-25/h1-15,24,28-30H,16-19H2. The largest absolute Gasteiger partial charge is 0.491 e. The Morgan fingerprint density at radius 1 is 0.781 bits per heavy atom. The van der Waals surface area contributed by atoms with Gasteiger partial charge in [-0.25, -0.2) is 0 Å². The molecule has 0 aliphatic heterocycles. The van der Waals surface area contributed by atoms with Crippen LogP contribution >= 0.6 is 11.8 Å². The molecule has 5 heteroatoms. The number of fused-ring (bicyclic) bond motifs is 1. The second-order valence-corrected chi connectivity index (χ2v) is 8.66. The number of rotatable bonds is 10. The Balaban J connectivity index is 1.29. The molecule has 0 bridgehead atoms. The molecule has 0 aromatic heterocycles. The van der Waals surface area contributed by atoms with E-state index in [1.807, 2.05) is 66.7 Å². The van der Waals surface area contributed by atoms with E-state index in [0.29, 0.717) is 13.1 Å². The van der Waals surface area contributed by atoms with E-state index in [0.717, 1.165) is 32.1 Å². The van der Waals surface area contributed by atoms with E-state index in [2.05, 4.69) is 29.6 Å². The normalized spacial score (nSPS) is 12.1. The lowest BCUT2D eigenvalue weighted by molar-refractivity contribution is 0.106. The van der Waals surface area contributed by atoms with Gasteiger partial charge in [-0.3, -0.25) is 0 Å². The first kappa shape index (κ1) is 22.4. The number of benzene rings is 4. The van der Waals surface area contributed by atoms with Crippen molar-refractivity contribution in [3.05, 3.63) is 102 Å². The molecule has 1 unspecified atom stereocenters. The lowest BCUT2D eigenvalue weighted by atomic mass is 10.1. The van der Waals surface area contributed by atoms with Crippen molar-refractivity contribution >= 4 is 22.5 Å². The maximum atomic E-state index is 10.4. The molecule has 4 nitrogen and oxygen atoms in total. The monoisotopic (exact) mass is 445 g/mol. The zero-order valence-electron chi connectivity index (χ0n) is 17.8. The van der Waals surface area contributed by atoms with Gasteiger partial charge in [0, 0.05) is 22.9 Å². The van der Waals surface area contributed by atoms with Crippen molar-refractivity contribution in [2.45, 2.75) is 29.0 Å². The van der Waals surface area contributed by atoms with E-state index in [1.54, 1.807) is 11.8 Å². The van der Waals surface area contributed by atoms with Crippen LogP contribution in [0.3, 0.4) is 0 Å². The molecule has 1 atom stereocenters. The summed E-state index contributed by atoms with van der Waals surface area (Å²) in [5, 5.41) is 25.6. The van der Waals surface area contributed by atoms with Gasteiger partial charge in [-0.15, -0.1) is 0 Å². The van der Waals surface area contributed by atoms with Crippen LogP contribution in [0.5, 0.6) is 5.75 Å². The molecule has 0 fully saturated rings. The highest BCUT2D eigenvalue weighted by atomic mass is 32.2. The minimum absolute atomic E-state index is 0.0208. The fourth-order valence-corrected chi connectivity index (χ4v) is 4.55. The minimum Gasteiger partial charge on any atom is -0.491 e. The van der Waals surface area contributed by atoms with Crippen LogP contribution < -0.4 is 10.1 Å². The molecule has 0 spiro atoms. The van der Waals surface area contributed by atoms with Gasteiger partial charge < -0.3 is 20.3 Å². The first-order valence-electron chi connectivity index (χ1n) is 10.7. The van der Waals surface area contributed by atoms with Gasteiger partial charge in [0.1, 0.15) is 18.5 Å². The Bertz CT molecular complexity index is 1160. The quantitative estimate of drug-likeness (QED) is 0.320. The fourth-order valence-electron chi connectivity index (χ4n) is 3.48. The average molecular weight is 446 g/mol. The SMILES string of the molecule is OCc1ccccc1Sc1ccccc1CNCC(O)COc1ccc2ccccc2c1. The Kier molecular flexibility index (Phi) is 7.80. The predicted molar refractivity (Wildman–Crippen MR) is 130 cm³/mol. The molecule has 0 heterocycles. The Labute approximate surface area is 192 Å². The van der Waals surface area contributed by atoms with E-state index in [1.165, 1.54) is 5.39 Å². The number of ether oxygens (including phenoxy) is 1. The summed E-state index contributed by atoms with van der Waals surface area (Å²) in [6.45, 7) is 1.32. The molecule has 4 aromatic carbocycles. The summed E-state index contributed by atoms with van der Waals surface area (Å²) < 4.78 is 5.79. The summed E-state index contributed by atoms with van der Waals surface area (Å²) in [6, 6.07) is 30.1. The molecule has 0 aliphatic carbocycles. The highest BCUT2D eigenvalue weighted by molar-refractivity contribution is 7.99. The van der Waals surface area contributed by atoms with Crippen LogP contribution in [0, 0.1) is 0 Å². The summed E-state index contributed by atoms with van der Waals surface area (Å²) in [4.78, 5) is 2.18. The maximum Gasteiger partial charge on any atom is 0.120 e. The third-order valence-electron chi connectivity index (χ3n) is 5.19. The highest BCUT2D eigenvalue weighted by Gasteiger charge is 2.09. The first-order chi connectivity index (χ1) is 15.7. The Hall–Kier alpha value is -2.83. The molecule has 0 aliphatic rings. The van der Waals surface area contributed by atoms with Crippen LogP contribution in [0.2, 0.25) is 0 Å². The predicted octanol–water partition coefficient (Wildman–Crippen LogP) is 5.01. The summed E-state index contributed by atoms with van der Waals surface area (Å²) in [5.74, 6) is 0.757. The van der Waals surface area contributed by atoms with Crippen LogP contribution in [0.4, 0.5) is 0 Å². The summed E-state index contributed by atoms with van der Waals surface area (Å²) in [7, 11) is 0. The van der Waals surface area contributed by atoms with E-state index in [4.69, 9.17) is 4.74 Å². The van der Waals surface area contributed by atoms with Crippen LogP contribution in [-0.4, -0.2) is 29.5 Å². The third kappa shape index (κ3) is 5.90. The number of hydrogen-bond donors (Lipinski definition) is 3. The zero-order valence-corrected chi connectivity index (χ0v) is 18.6. The molecular formula is C27H27NO3S. The van der Waals surface area contributed by atoms with Gasteiger partial charge in [-0.05, 0) is 46.2 Å². The molecule has 0 radical (unpaired) electrons. The molecule has 4 rings (SSSR count). The number of aliphatic hydroxyl groups is 2. The molecule has 32 heavy (non-hydrogen) atoms. The molecular weight excluding hydrogens is 418 g/mol. The van der Waals surface area contributed by atoms with E-state index in [-0.39, 0.29) is 13.2 Å². The van der Waals surface area contributed by atoms with Gasteiger partial charge in [0.25, 0.3) is 0 Å². The third-order valence-corrected chi connectivity index (χ3v) is 6.43. The second-order valence-electron chi connectivity index (χ2n) is 7.58. The highest BCUT2D eigenvalue weighted by Crippen LogP contribution is 2.32. The number of nitrogens with one attached hydrogen (secondary N) is 1. The van der Waals surface area contributed by atoms with Crippen molar-refractivity contribution in [3.8, 4) is 5.75 Å². The molecule has 164 valence electrons. The maximum absolute atomic E-state index is 10.4. The molecule has 3 N–H and O–H groups in total. The van der Waals surface area contributed by atoms with Crippen LogP contribution in [0.25, 0.3) is 10.8 Å².